The lowest BCUT2D eigenvalue weighted by Crippen LogP contribution is -2.49. The number of carbonyl (C=O) groups is 3. The normalized spacial score (nSPS) is 17.5. The second-order valence-electron chi connectivity index (χ2n) is 10.6. The zero-order chi connectivity index (χ0) is 30.4. The zero-order valence-corrected chi connectivity index (χ0v) is 23.7. The van der Waals surface area contributed by atoms with Gasteiger partial charge in [-0.15, -0.1) is 0 Å². The van der Waals surface area contributed by atoms with Gasteiger partial charge in [0.05, 0.1) is 29.5 Å². The molecule has 1 aliphatic rings. The average Bonchev–Trinajstić information content (AvgIpc) is 2.96. The molecule has 4 N–H and O–H groups in total. The van der Waals surface area contributed by atoms with Crippen molar-refractivity contribution in [1.29, 1.82) is 0 Å². The number of rotatable bonds is 9. The fraction of sp³-hybridized carbons (Fsp3) is 0.323. The third-order valence-electron chi connectivity index (χ3n) is 7.19. The minimum absolute atomic E-state index is 0.158. The highest BCUT2D eigenvalue weighted by molar-refractivity contribution is 6.04. The van der Waals surface area contributed by atoms with Crippen molar-refractivity contribution in [3.63, 3.8) is 0 Å². The van der Waals surface area contributed by atoms with E-state index in [1.54, 1.807) is 54.3 Å². The number of hydrogen-bond donors (Lipinski definition) is 4. The molecule has 4 rings (SSSR count). The summed E-state index contributed by atoms with van der Waals surface area (Å²) in [5, 5.41) is 24.5. The molecule has 10 nitrogen and oxygen atoms in total. The standard InChI is InChI=1S/C31H35FN4O6/c1-19-15-36(20(2)18-37)29(38)25-5-4-6-26(34-31(41)33-24-13-11-23(32)12-14-24)28(25)42-27(19)17-35(3)16-21-7-9-22(10-8-21)30(39)40/h4-14,19-20,27,37H,15-18H2,1-3H3,(H,39,40)(H2,33,34,41)/t19-,20+,27+/m1/s1. The molecule has 0 fully saturated rings. The maximum atomic E-state index is 13.7. The molecule has 3 atom stereocenters. The molecule has 11 heteroatoms. The number of likely N-dealkylation sites (N-methyl/N-ethyl adjacent to an activating group) is 1. The van der Waals surface area contributed by atoms with E-state index in [0.717, 1.165) is 5.56 Å². The number of aromatic carboxylic acids is 1. The number of carboxylic acid groups (broad SMARTS) is 1. The number of fused-ring (bicyclic) bond motifs is 1. The fourth-order valence-electron chi connectivity index (χ4n) is 4.81. The Morgan fingerprint density at radius 2 is 1.79 bits per heavy atom. The summed E-state index contributed by atoms with van der Waals surface area (Å²) in [5.74, 6) is -1.69. The molecule has 222 valence electrons. The van der Waals surface area contributed by atoms with Gasteiger partial charge >= 0.3 is 12.0 Å². The van der Waals surface area contributed by atoms with E-state index < -0.39 is 30.0 Å². The Morgan fingerprint density at radius 1 is 1.10 bits per heavy atom. The van der Waals surface area contributed by atoms with Gasteiger partial charge in [-0.25, -0.2) is 14.0 Å². The first-order valence-corrected chi connectivity index (χ1v) is 13.6. The molecule has 1 aliphatic heterocycles. The van der Waals surface area contributed by atoms with Gasteiger partial charge in [0.2, 0.25) is 0 Å². The van der Waals surface area contributed by atoms with Crippen LogP contribution in [0.25, 0.3) is 0 Å². The lowest BCUT2D eigenvalue weighted by Gasteiger charge is -2.38. The number of halogens is 1. The third kappa shape index (κ3) is 7.42. The number of urea groups is 1. The van der Waals surface area contributed by atoms with Crippen molar-refractivity contribution in [2.24, 2.45) is 5.92 Å². The van der Waals surface area contributed by atoms with Crippen molar-refractivity contribution >= 4 is 29.3 Å². The fourth-order valence-corrected chi connectivity index (χ4v) is 4.81. The van der Waals surface area contributed by atoms with Crippen LogP contribution in [0, 0.1) is 11.7 Å². The van der Waals surface area contributed by atoms with Gasteiger partial charge in [0.15, 0.2) is 5.75 Å². The third-order valence-corrected chi connectivity index (χ3v) is 7.19. The molecule has 0 unspecified atom stereocenters. The van der Waals surface area contributed by atoms with E-state index in [1.165, 1.54) is 24.3 Å². The van der Waals surface area contributed by atoms with E-state index >= 15 is 0 Å². The van der Waals surface area contributed by atoms with E-state index in [4.69, 9.17) is 4.74 Å². The van der Waals surface area contributed by atoms with Crippen LogP contribution in [-0.4, -0.2) is 76.8 Å². The molecular weight excluding hydrogens is 543 g/mol. The number of nitrogens with one attached hydrogen (secondary N) is 2. The summed E-state index contributed by atoms with van der Waals surface area (Å²) in [6, 6.07) is 15.8. The van der Waals surface area contributed by atoms with Crippen LogP contribution < -0.4 is 15.4 Å². The highest BCUT2D eigenvalue weighted by Crippen LogP contribution is 2.35. The lowest BCUT2D eigenvalue weighted by atomic mass is 9.98. The summed E-state index contributed by atoms with van der Waals surface area (Å²) >= 11 is 0. The predicted molar refractivity (Wildman–Crippen MR) is 156 cm³/mol. The Labute approximate surface area is 243 Å². The quantitative estimate of drug-likeness (QED) is 0.294. The monoisotopic (exact) mass is 578 g/mol. The van der Waals surface area contributed by atoms with Crippen LogP contribution in [0.3, 0.4) is 0 Å². The Kier molecular flexibility index (Phi) is 9.76. The van der Waals surface area contributed by atoms with Gasteiger partial charge in [-0.05, 0) is 68.1 Å². The molecule has 0 saturated carbocycles. The van der Waals surface area contributed by atoms with Crippen molar-refractivity contribution in [2.75, 3.05) is 37.4 Å². The van der Waals surface area contributed by atoms with Crippen molar-refractivity contribution in [1.82, 2.24) is 9.80 Å². The summed E-state index contributed by atoms with van der Waals surface area (Å²) in [5.41, 5.74) is 2.05. The van der Waals surface area contributed by atoms with Crippen LogP contribution in [0.15, 0.2) is 66.7 Å². The van der Waals surface area contributed by atoms with Crippen molar-refractivity contribution in [3.8, 4) is 5.75 Å². The summed E-state index contributed by atoms with van der Waals surface area (Å²) in [6.45, 7) is 4.83. The second kappa shape index (κ2) is 13.5. The van der Waals surface area contributed by atoms with Crippen LogP contribution in [-0.2, 0) is 6.54 Å². The van der Waals surface area contributed by atoms with E-state index in [-0.39, 0.29) is 41.0 Å². The van der Waals surface area contributed by atoms with Gasteiger partial charge in [0, 0.05) is 31.2 Å². The molecule has 0 saturated heterocycles. The van der Waals surface area contributed by atoms with Crippen LogP contribution >= 0.6 is 0 Å². The number of benzene rings is 3. The van der Waals surface area contributed by atoms with Gasteiger partial charge in [0.1, 0.15) is 11.9 Å². The Morgan fingerprint density at radius 3 is 2.43 bits per heavy atom. The van der Waals surface area contributed by atoms with Gasteiger partial charge in [0.25, 0.3) is 5.91 Å². The number of nitrogens with zero attached hydrogens (tertiary/aromatic N) is 2. The maximum absolute atomic E-state index is 13.7. The number of ether oxygens (including phenoxy) is 1. The van der Waals surface area contributed by atoms with E-state index in [0.29, 0.717) is 25.3 Å². The minimum atomic E-state index is -0.989. The lowest BCUT2D eigenvalue weighted by molar-refractivity contribution is 0.0343. The number of anilines is 2. The highest BCUT2D eigenvalue weighted by Gasteiger charge is 2.34. The van der Waals surface area contributed by atoms with E-state index in [2.05, 4.69) is 10.6 Å². The molecule has 0 aliphatic carbocycles. The molecule has 0 bridgehead atoms. The second-order valence-corrected chi connectivity index (χ2v) is 10.6. The Hall–Kier alpha value is -4.48. The summed E-state index contributed by atoms with van der Waals surface area (Å²) < 4.78 is 19.8. The largest absolute Gasteiger partial charge is 0.486 e. The minimum Gasteiger partial charge on any atom is -0.486 e. The SMILES string of the molecule is C[C@@H]1CN([C@@H](C)CO)C(=O)c2cccc(NC(=O)Nc3ccc(F)cc3)c2O[C@H]1CN(C)Cc1ccc(C(=O)O)cc1. The highest BCUT2D eigenvalue weighted by atomic mass is 19.1. The molecule has 0 radical (unpaired) electrons. The molecule has 0 aromatic heterocycles. The molecule has 3 aromatic rings. The smallest absolute Gasteiger partial charge is 0.335 e. The van der Waals surface area contributed by atoms with Gasteiger partial charge in [-0.2, -0.15) is 0 Å². The van der Waals surface area contributed by atoms with Crippen LogP contribution in [0.4, 0.5) is 20.6 Å². The molecule has 42 heavy (non-hydrogen) atoms. The van der Waals surface area contributed by atoms with Crippen LogP contribution in [0.2, 0.25) is 0 Å². The first kappa shape index (κ1) is 30.5. The number of carboxylic acids is 1. The zero-order valence-electron chi connectivity index (χ0n) is 23.7. The molecule has 3 aromatic carbocycles. The maximum Gasteiger partial charge on any atom is 0.335 e. The predicted octanol–water partition coefficient (Wildman–Crippen LogP) is 4.52. The van der Waals surface area contributed by atoms with Crippen LogP contribution in [0.1, 0.15) is 40.1 Å². The number of hydrogen-bond acceptors (Lipinski definition) is 6. The molecule has 0 spiro atoms. The number of amides is 3. The summed E-state index contributed by atoms with van der Waals surface area (Å²) in [6.07, 6.45) is -0.420. The van der Waals surface area contributed by atoms with Gasteiger partial charge in [-0.1, -0.05) is 25.1 Å². The van der Waals surface area contributed by atoms with E-state index in [9.17, 15) is 29.0 Å². The van der Waals surface area contributed by atoms with Crippen molar-refractivity contribution < 1.29 is 33.7 Å². The van der Waals surface area contributed by atoms with Crippen molar-refractivity contribution in [3.05, 3.63) is 89.2 Å². The van der Waals surface area contributed by atoms with E-state index in [1.807, 2.05) is 18.9 Å². The van der Waals surface area contributed by atoms with Crippen molar-refractivity contribution in [2.45, 2.75) is 32.5 Å². The number of aliphatic hydroxyl groups is 1. The Balaban J connectivity index is 1.60. The molecular formula is C31H35FN4O6. The van der Waals surface area contributed by atoms with Crippen LogP contribution in [0.5, 0.6) is 5.75 Å². The first-order chi connectivity index (χ1) is 20.0. The molecule has 1 heterocycles. The number of para-hydroxylation sites is 1. The molecule has 3 amide bonds. The topological polar surface area (TPSA) is 131 Å². The van der Waals surface area contributed by atoms with Gasteiger partial charge in [-0.3, -0.25) is 9.69 Å². The summed E-state index contributed by atoms with van der Waals surface area (Å²) in [4.78, 5) is 41.4. The van der Waals surface area contributed by atoms with Gasteiger partial charge < -0.3 is 30.5 Å². The average molecular weight is 579 g/mol. The Bertz CT molecular complexity index is 1420. The first-order valence-electron chi connectivity index (χ1n) is 13.6. The number of carbonyl (C=O) groups excluding carboxylic acids is 2. The number of aliphatic hydroxyl groups excluding tert-OH is 1. The summed E-state index contributed by atoms with van der Waals surface area (Å²) in [7, 11) is 1.92.